The summed E-state index contributed by atoms with van der Waals surface area (Å²) in [5.41, 5.74) is 7.71. The van der Waals surface area contributed by atoms with Gasteiger partial charge in [0.15, 0.2) is 0 Å². The standard InChI is InChI=1S/C15H22N2S/c1-12-6-7-13(17)10-14(12)18-9-5-4-8-15(2,3)11-16/h6-7,10H,4-5,8-9,17H2,1-3H3. The minimum absolute atomic E-state index is 0.183. The van der Waals surface area contributed by atoms with Crippen LogP contribution in [0.1, 0.15) is 38.7 Å². The van der Waals surface area contributed by atoms with Crippen LogP contribution in [0.15, 0.2) is 23.1 Å². The molecule has 0 bridgehead atoms. The molecule has 0 fully saturated rings. The van der Waals surface area contributed by atoms with Crippen LogP contribution in [-0.2, 0) is 0 Å². The number of nitrogens with two attached hydrogens (primary N) is 1. The van der Waals surface area contributed by atoms with Gasteiger partial charge < -0.3 is 5.73 Å². The van der Waals surface area contributed by atoms with Gasteiger partial charge in [-0.15, -0.1) is 11.8 Å². The predicted molar refractivity (Wildman–Crippen MR) is 79.6 cm³/mol. The van der Waals surface area contributed by atoms with Crippen LogP contribution < -0.4 is 5.73 Å². The van der Waals surface area contributed by atoms with E-state index >= 15 is 0 Å². The van der Waals surface area contributed by atoms with Crippen molar-refractivity contribution in [2.24, 2.45) is 5.41 Å². The number of nitrogen functional groups attached to an aromatic ring is 1. The number of thioether (sulfide) groups is 1. The van der Waals surface area contributed by atoms with E-state index in [-0.39, 0.29) is 5.41 Å². The third-order valence-electron chi connectivity index (χ3n) is 2.97. The second-order valence-corrected chi connectivity index (χ2v) is 6.46. The molecule has 0 atom stereocenters. The SMILES string of the molecule is Cc1ccc(N)cc1SCCCCC(C)(C)C#N. The molecule has 0 aliphatic carbocycles. The highest BCUT2D eigenvalue weighted by Crippen LogP contribution is 2.27. The van der Waals surface area contributed by atoms with Crippen LogP contribution in [0.5, 0.6) is 0 Å². The molecular formula is C15H22N2S. The summed E-state index contributed by atoms with van der Waals surface area (Å²) in [6.07, 6.45) is 3.22. The molecule has 0 unspecified atom stereocenters. The molecule has 0 aliphatic heterocycles. The molecule has 1 aromatic carbocycles. The fourth-order valence-corrected chi connectivity index (χ4v) is 2.76. The average molecular weight is 262 g/mol. The van der Waals surface area contributed by atoms with Gasteiger partial charge in [-0.1, -0.05) is 12.5 Å². The second-order valence-electron chi connectivity index (χ2n) is 5.33. The van der Waals surface area contributed by atoms with Crippen molar-refractivity contribution >= 4 is 17.4 Å². The van der Waals surface area contributed by atoms with E-state index in [0.29, 0.717) is 0 Å². The summed E-state index contributed by atoms with van der Waals surface area (Å²) in [6.45, 7) is 6.12. The second kappa shape index (κ2) is 6.70. The normalized spacial score (nSPS) is 11.2. The monoisotopic (exact) mass is 262 g/mol. The van der Waals surface area contributed by atoms with Crippen LogP contribution >= 0.6 is 11.8 Å². The topological polar surface area (TPSA) is 49.8 Å². The van der Waals surface area contributed by atoms with E-state index in [4.69, 9.17) is 11.0 Å². The van der Waals surface area contributed by atoms with Crippen LogP contribution in [0, 0.1) is 23.7 Å². The molecule has 0 amide bonds. The van der Waals surface area contributed by atoms with Gasteiger partial charge in [0.25, 0.3) is 0 Å². The van der Waals surface area contributed by atoms with Crippen LogP contribution in [0.2, 0.25) is 0 Å². The van der Waals surface area contributed by atoms with Crippen molar-refractivity contribution in [1.82, 2.24) is 0 Å². The first-order valence-corrected chi connectivity index (χ1v) is 7.33. The molecule has 0 radical (unpaired) electrons. The van der Waals surface area contributed by atoms with Crippen molar-refractivity contribution in [2.75, 3.05) is 11.5 Å². The fraction of sp³-hybridized carbons (Fsp3) is 0.533. The maximum absolute atomic E-state index is 8.93. The molecular weight excluding hydrogens is 240 g/mol. The van der Waals surface area contributed by atoms with Gasteiger partial charge in [0.2, 0.25) is 0 Å². The molecule has 2 N–H and O–H groups in total. The Hall–Kier alpha value is -1.14. The van der Waals surface area contributed by atoms with Gasteiger partial charge in [0, 0.05) is 10.6 Å². The van der Waals surface area contributed by atoms with E-state index in [0.717, 1.165) is 30.7 Å². The zero-order valence-corrected chi connectivity index (χ0v) is 12.3. The van der Waals surface area contributed by atoms with E-state index in [9.17, 15) is 0 Å². The number of rotatable bonds is 6. The zero-order chi connectivity index (χ0) is 13.6. The van der Waals surface area contributed by atoms with E-state index in [2.05, 4.69) is 19.1 Å². The van der Waals surface area contributed by atoms with Gasteiger partial charge in [-0.05, 0) is 57.1 Å². The summed E-state index contributed by atoms with van der Waals surface area (Å²) in [4.78, 5) is 1.27. The fourth-order valence-electron chi connectivity index (χ4n) is 1.68. The van der Waals surface area contributed by atoms with Crippen molar-refractivity contribution in [1.29, 1.82) is 5.26 Å². The van der Waals surface area contributed by atoms with Crippen molar-refractivity contribution < 1.29 is 0 Å². The first kappa shape index (κ1) is 14.9. The highest BCUT2D eigenvalue weighted by Gasteiger charge is 2.15. The largest absolute Gasteiger partial charge is 0.399 e. The third-order valence-corrected chi connectivity index (χ3v) is 4.21. The molecule has 18 heavy (non-hydrogen) atoms. The number of hydrogen-bond acceptors (Lipinski definition) is 3. The van der Waals surface area contributed by atoms with Crippen LogP contribution in [0.3, 0.4) is 0 Å². The summed E-state index contributed by atoms with van der Waals surface area (Å²) in [5, 5.41) is 8.93. The number of hydrogen-bond donors (Lipinski definition) is 1. The van der Waals surface area contributed by atoms with Gasteiger partial charge in [-0.25, -0.2) is 0 Å². The Morgan fingerprint density at radius 2 is 2.06 bits per heavy atom. The summed E-state index contributed by atoms with van der Waals surface area (Å²) in [5.74, 6) is 1.09. The Kier molecular flexibility index (Phi) is 5.55. The number of nitriles is 1. The van der Waals surface area contributed by atoms with Crippen LogP contribution in [-0.4, -0.2) is 5.75 Å². The lowest BCUT2D eigenvalue weighted by atomic mass is 9.89. The van der Waals surface area contributed by atoms with Gasteiger partial charge in [-0.2, -0.15) is 5.26 Å². The smallest absolute Gasteiger partial charge is 0.0683 e. The van der Waals surface area contributed by atoms with E-state index in [1.807, 2.05) is 37.7 Å². The summed E-state index contributed by atoms with van der Waals surface area (Å²) >= 11 is 1.86. The molecule has 0 saturated heterocycles. The number of benzene rings is 1. The van der Waals surface area contributed by atoms with Crippen molar-refractivity contribution in [3.8, 4) is 6.07 Å². The van der Waals surface area contributed by atoms with Crippen LogP contribution in [0.4, 0.5) is 5.69 Å². The Bertz CT molecular complexity index is 433. The van der Waals surface area contributed by atoms with E-state index < -0.39 is 0 Å². The van der Waals surface area contributed by atoms with Gasteiger partial charge in [0.05, 0.1) is 11.5 Å². The Balaban J connectivity index is 2.30. The number of nitrogens with zero attached hydrogens (tertiary/aromatic N) is 1. The zero-order valence-electron chi connectivity index (χ0n) is 11.5. The predicted octanol–water partition coefficient (Wildman–Crippen LogP) is 4.39. The molecule has 0 aromatic heterocycles. The van der Waals surface area contributed by atoms with Gasteiger partial charge in [-0.3, -0.25) is 0 Å². The summed E-state index contributed by atoms with van der Waals surface area (Å²) < 4.78 is 0. The molecule has 3 heteroatoms. The number of aryl methyl sites for hydroxylation is 1. The van der Waals surface area contributed by atoms with Gasteiger partial charge >= 0.3 is 0 Å². The van der Waals surface area contributed by atoms with E-state index in [1.54, 1.807) is 0 Å². The van der Waals surface area contributed by atoms with Gasteiger partial charge in [0.1, 0.15) is 0 Å². The maximum Gasteiger partial charge on any atom is 0.0683 e. The quantitative estimate of drug-likeness (QED) is 0.470. The molecule has 98 valence electrons. The first-order chi connectivity index (χ1) is 8.44. The Morgan fingerprint density at radius 1 is 1.33 bits per heavy atom. The molecule has 0 aliphatic rings. The van der Waals surface area contributed by atoms with E-state index in [1.165, 1.54) is 10.5 Å². The average Bonchev–Trinajstić information content (AvgIpc) is 2.33. The molecule has 0 heterocycles. The number of unbranched alkanes of at least 4 members (excludes halogenated alkanes) is 1. The molecule has 2 nitrogen and oxygen atoms in total. The first-order valence-electron chi connectivity index (χ1n) is 6.35. The molecule has 0 spiro atoms. The summed E-state index contributed by atoms with van der Waals surface area (Å²) in [7, 11) is 0. The highest BCUT2D eigenvalue weighted by molar-refractivity contribution is 7.99. The van der Waals surface area contributed by atoms with Crippen molar-refractivity contribution in [2.45, 2.75) is 44.9 Å². The number of anilines is 1. The minimum Gasteiger partial charge on any atom is -0.399 e. The lowest BCUT2D eigenvalue weighted by molar-refractivity contribution is 0.433. The lowest BCUT2D eigenvalue weighted by Gasteiger charge is -2.14. The third kappa shape index (κ3) is 5.01. The van der Waals surface area contributed by atoms with Crippen molar-refractivity contribution in [3.63, 3.8) is 0 Å². The minimum atomic E-state index is -0.183. The lowest BCUT2D eigenvalue weighted by Crippen LogP contribution is -2.07. The summed E-state index contributed by atoms with van der Waals surface area (Å²) in [6, 6.07) is 8.39. The Morgan fingerprint density at radius 3 is 2.72 bits per heavy atom. The Labute approximate surface area is 115 Å². The van der Waals surface area contributed by atoms with Crippen LogP contribution in [0.25, 0.3) is 0 Å². The molecule has 0 saturated carbocycles. The van der Waals surface area contributed by atoms with Crippen molar-refractivity contribution in [3.05, 3.63) is 23.8 Å². The maximum atomic E-state index is 8.93. The molecule has 1 rings (SSSR count). The highest BCUT2D eigenvalue weighted by atomic mass is 32.2. The molecule has 1 aromatic rings.